The van der Waals surface area contributed by atoms with Crippen molar-refractivity contribution in [2.75, 3.05) is 34.3 Å². The number of nitrogens with zero attached hydrogens (tertiary/aromatic N) is 2. The molecular weight excluding hydrogens is 348 g/mol. The fourth-order valence-electron chi connectivity index (χ4n) is 3.15. The van der Waals surface area contributed by atoms with E-state index in [0.29, 0.717) is 30.2 Å². The van der Waals surface area contributed by atoms with E-state index in [2.05, 4.69) is 0 Å². The highest BCUT2D eigenvalue weighted by Gasteiger charge is 2.47. The number of likely N-dealkylation sites (N-methyl/N-ethyl adjacent to an activating group) is 1. The van der Waals surface area contributed by atoms with Crippen LogP contribution in [0.25, 0.3) is 5.76 Å². The normalized spacial score (nSPS) is 19.1. The van der Waals surface area contributed by atoms with Crippen LogP contribution in [0.15, 0.2) is 52.7 Å². The predicted octanol–water partition coefficient (Wildman–Crippen LogP) is 2.27. The van der Waals surface area contributed by atoms with Crippen molar-refractivity contribution in [1.29, 1.82) is 0 Å². The van der Waals surface area contributed by atoms with Crippen molar-refractivity contribution in [3.63, 3.8) is 0 Å². The van der Waals surface area contributed by atoms with E-state index in [4.69, 9.17) is 9.15 Å². The second kappa shape index (κ2) is 7.67. The maximum absolute atomic E-state index is 12.8. The van der Waals surface area contributed by atoms with Gasteiger partial charge < -0.3 is 24.1 Å². The molecule has 1 N–H and O–H groups in total. The molecule has 2 heterocycles. The molecular formula is C20H22N2O5. The number of methoxy groups -OCH3 is 1. The Balaban J connectivity index is 2.14. The van der Waals surface area contributed by atoms with E-state index in [1.54, 1.807) is 36.4 Å². The molecule has 1 amide bonds. The summed E-state index contributed by atoms with van der Waals surface area (Å²) >= 11 is 0. The van der Waals surface area contributed by atoms with Crippen LogP contribution < -0.4 is 4.74 Å². The van der Waals surface area contributed by atoms with Crippen LogP contribution in [0.5, 0.6) is 5.75 Å². The quantitative estimate of drug-likeness (QED) is 0.477. The highest BCUT2D eigenvalue weighted by atomic mass is 16.5. The number of furan rings is 1. The molecule has 1 fully saturated rings. The number of para-hydroxylation sites is 1. The third kappa shape index (κ3) is 3.46. The molecule has 1 aliphatic heterocycles. The van der Waals surface area contributed by atoms with Gasteiger partial charge >= 0.3 is 0 Å². The molecule has 0 radical (unpaired) electrons. The summed E-state index contributed by atoms with van der Waals surface area (Å²) in [5, 5.41) is 10.9. The Kier molecular flexibility index (Phi) is 5.32. The van der Waals surface area contributed by atoms with Crippen molar-refractivity contribution in [2.45, 2.75) is 6.04 Å². The van der Waals surface area contributed by atoms with Gasteiger partial charge in [0.25, 0.3) is 11.7 Å². The maximum atomic E-state index is 12.8. The van der Waals surface area contributed by atoms with Gasteiger partial charge in [-0.15, -0.1) is 0 Å². The van der Waals surface area contributed by atoms with E-state index in [-0.39, 0.29) is 11.3 Å². The predicted molar refractivity (Wildman–Crippen MR) is 99.3 cm³/mol. The largest absolute Gasteiger partial charge is 0.507 e. The Morgan fingerprint density at radius 2 is 1.96 bits per heavy atom. The molecule has 142 valence electrons. The summed E-state index contributed by atoms with van der Waals surface area (Å²) in [4.78, 5) is 28.8. The summed E-state index contributed by atoms with van der Waals surface area (Å²) in [5.74, 6) is -0.843. The number of carbonyl (C=O) groups is 2. The number of aliphatic hydroxyl groups excluding tert-OH is 1. The fraction of sp³-hybridized carbons (Fsp3) is 0.300. The second-order valence-electron chi connectivity index (χ2n) is 6.51. The standard InChI is InChI=1S/C20H22N2O5/c1-21(2)10-11-22-17(15-9-6-12-27-15)16(19(24)20(22)25)18(23)13-7-4-5-8-14(13)26-3/h4-9,12,17,23H,10-11H2,1-3H3/b18-16+. The number of likely N-dealkylation sites (tertiary alicyclic amines) is 1. The van der Waals surface area contributed by atoms with Gasteiger partial charge in [-0.1, -0.05) is 12.1 Å². The van der Waals surface area contributed by atoms with Crippen LogP contribution in [-0.4, -0.2) is 60.9 Å². The summed E-state index contributed by atoms with van der Waals surface area (Å²) in [6.45, 7) is 0.893. The first-order valence-corrected chi connectivity index (χ1v) is 8.55. The number of ether oxygens (including phenoxy) is 1. The third-order valence-corrected chi connectivity index (χ3v) is 4.50. The number of benzene rings is 1. The minimum atomic E-state index is -0.787. The molecule has 27 heavy (non-hydrogen) atoms. The topological polar surface area (TPSA) is 83.2 Å². The highest BCUT2D eigenvalue weighted by molar-refractivity contribution is 6.46. The molecule has 3 rings (SSSR count). The van der Waals surface area contributed by atoms with E-state index in [1.807, 2.05) is 19.0 Å². The van der Waals surface area contributed by atoms with Crippen molar-refractivity contribution in [1.82, 2.24) is 9.80 Å². The van der Waals surface area contributed by atoms with E-state index < -0.39 is 17.7 Å². The summed E-state index contributed by atoms with van der Waals surface area (Å²) in [7, 11) is 5.24. The molecule has 0 spiro atoms. The van der Waals surface area contributed by atoms with Crippen LogP contribution >= 0.6 is 0 Å². The lowest BCUT2D eigenvalue weighted by molar-refractivity contribution is -0.140. The molecule has 1 unspecified atom stereocenters. The van der Waals surface area contributed by atoms with Gasteiger partial charge in [0.1, 0.15) is 23.3 Å². The first-order valence-electron chi connectivity index (χ1n) is 8.55. The average molecular weight is 370 g/mol. The summed E-state index contributed by atoms with van der Waals surface area (Å²) < 4.78 is 10.8. The average Bonchev–Trinajstić information content (AvgIpc) is 3.27. The van der Waals surface area contributed by atoms with Crippen molar-refractivity contribution >= 4 is 17.4 Å². The number of aliphatic hydroxyl groups is 1. The Bertz CT molecular complexity index is 870. The molecule has 0 aliphatic carbocycles. The van der Waals surface area contributed by atoms with Gasteiger partial charge in [-0.05, 0) is 38.4 Å². The zero-order valence-corrected chi connectivity index (χ0v) is 15.5. The number of hydrogen-bond donors (Lipinski definition) is 1. The number of amides is 1. The van der Waals surface area contributed by atoms with E-state index in [1.165, 1.54) is 18.3 Å². The Morgan fingerprint density at radius 1 is 1.22 bits per heavy atom. The van der Waals surface area contributed by atoms with E-state index in [9.17, 15) is 14.7 Å². The molecule has 0 bridgehead atoms. The van der Waals surface area contributed by atoms with Crippen molar-refractivity contribution in [3.8, 4) is 5.75 Å². The lowest BCUT2D eigenvalue weighted by atomic mass is 9.99. The molecule has 1 aromatic carbocycles. The first kappa shape index (κ1) is 18.7. The smallest absolute Gasteiger partial charge is 0.295 e. The summed E-state index contributed by atoms with van der Waals surface area (Å²) in [6.07, 6.45) is 1.48. The van der Waals surface area contributed by atoms with Crippen LogP contribution in [0, 0.1) is 0 Å². The van der Waals surface area contributed by atoms with Gasteiger partial charge in [0.15, 0.2) is 0 Å². The molecule has 7 nitrogen and oxygen atoms in total. The molecule has 1 atom stereocenters. The lowest BCUT2D eigenvalue weighted by Gasteiger charge is -2.24. The molecule has 1 saturated heterocycles. The van der Waals surface area contributed by atoms with Gasteiger partial charge in [-0.3, -0.25) is 9.59 Å². The molecule has 1 aromatic heterocycles. The number of hydrogen-bond acceptors (Lipinski definition) is 6. The van der Waals surface area contributed by atoms with E-state index in [0.717, 1.165) is 0 Å². The van der Waals surface area contributed by atoms with Gasteiger partial charge in [0.2, 0.25) is 0 Å². The Labute approximate surface area is 157 Å². The monoisotopic (exact) mass is 370 g/mol. The molecule has 0 saturated carbocycles. The van der Waals surface area contributed by atoms with Gasteiger partial charge in [-0.25, -0.2) is 0 Å². The zero-order chi connectivity index (χ0) is 19.6. The highest BCUT2D eigenvalue weighted by Crippen LogP contribution is 2.40. The molecule has 1 aliphatic rings. The fourth-order valence-corrected chi connectivity index (χ4v) is 3.15. The van der Waals surface area contributed by atoms with Crippen LogP contribution in [0.4, 0.5) is 0 Å². The summed E-state index contributed by atoms with van der Waals surface area (Å²) in [5.41, 5.74) is 0.348. The minimum Gasteiger partial charge on any atom is -0.507 e. The third-order valence-electron chi connectivity index (χ3n) is 4.50. The summed E-state index contributed by atoms with van der Waals surface area (Å²) in [6, 6.07) is 9.39. The van der Waals surface area contributed by atoms with E-state index >= 15 is 0 Å². The van der Waals surface area contributed by atoms with Gasteiger partial charge in [0, 0.05) is 13.1 Å². The maximum Gasteiger partial charge on any atom is 0.295 e. The Morgan fingerprint density at radius 3 is 2.59 bits per heavy atom. The SMILES string of the molecule is COc1ccccc1/C(O)=C1\C(=O)C(=O)N(CCN(C)C)C1c1ccco1. The van der Waals surface area contributed by atoms with Crippen LogP contribution in [0.2, 0.25) is 0 Å². The number of carbonyl (C=O) groups excluding carboxylic acids is 2. The van der Waals surface area contributed by atoms with Crippen molar-refractivity contribution < 1.29 is 23.8 Å². The lowest BCUT2D eigenvalue weighted by Crippen LogP contribution is -2.35. The number of rotatable bonds is 6. The van der Waals surface area contributed by atoms with Crippen LogP contribution in [0.3, 0.4) is 0 Å². The zero-order valence-electron chi connectivity index (χ0n) is 15.5. The van der Waals surface area contributed by atoms with Crippen LogP contribution in [-0.2, 0) is 9.59 Å². The minimum absolute atomic E-state index is 0.00166. The van der Waals surface area contributed by atoms with Crippen LogP contribution in [0.1, 0.15) is 17.4 Å². The van der Waals surface area contributed by atoms with Gasteiger partial charge in [-0.2, -0.15) is 0 Å². The Hall–Kier alpha value is -3.06. The number of Topliss-reactive ketones (excluding diaryl/α,β-unsaturated/α-hetero) is 1. The second-order valence-corrected chi connectivity index (χ2v) is 6.51. The van der Waals surface area contributed by atoms with Crippen molar-refractivity contribution in [2.24, 2.45) is 0 Å². The molecule has 7 heteroatoms. The molecule has 2 aromatic rings. The van der Waals surface area contributed by atoms with Gasteiger partial charge in [0.05, 0.1) is 24.5 Å². The van der Waals surface area contributed by atoms with Crippen molar-refractivity contribution in [3.05, 3.63) is 59.6 Å². The first-order chi connectivity index (χ1) is 13.0. The number of ketones is 1.